The summed E-state index contributed by atoms with van der Waals surface area (Å²) in [5.41, 5.74) is -1.97. The number of carbonyl (C=O) groups is 1. The number of benzene rings is 1. The van der Waals surface area contributed by atoms with Crippen LogP contribution in [0.1, 0.15) is 15.9 Å². The molecule has 0 heterocycles. The topological polar surface area (TPSA) is 55.7 Å². The third-order valence-electron chi connectivity index (χ3n) is 1.77. The quantitative estimate of drug-likeness (QED) is 0.582. The number of halogens is 3. The molecule has 0 amide bonds. The van der Waals surface area contributed by atoms with Crippen LogP contribution in [0.25, 0.3) is 0 Å². The predicted octanol–water partition coefficient (Wildman–Crippen LogP) is 2.89. The first-order valence-corrected chi connectivity index (χ1v) is 4.02. The molecule has 1 rings (SSSR count). The van der Waals surface area contributed by atoms with Gasteiger partial charge in [0.2, 0.25) is 0 Å². The van der Waals surface area contributed by atoms with Gasteiger partial charge >= 0.3 is 12.1 Å². The molecule has 0 saturated heterocycles. The second-order valence-electron chi connectivity index (χ2n) is 2.85. The first kappa shape index (κ1) is 12.2. The Morgan fingerprint density at radius 3 is 2.38 bits per heavy atom. The molecule has 0 radical (unpaired) electrons. The van der Waals surface area contributed by atoms with Crippen molar-refractivity contribution in [2.24, 2.45) is 5.18 Å². The van der Waals surface area contributed by atoms with E-state index >= 15 is 0 Å². The van der Waals surface area contributed by atoms with Gasteiger partial charge in [0, 0.05) is 0 Å². The molecule has 0 saturated carbocycles. The van der Waals surface area contributed by atoms with Crippen molar-refractivity contribution in [3.8, 4) is 0 Å². The molecule has 4 nitrogen and oxygen atoms in total. The Morgan fingerprint density at radius 2 is 1.94 bits per heavy atom. The van der Waals surface area contributed by atoms with Gasteiger partial charge in [0.1, 0.15) is 5.69 Å². The molecule has 0 unspecified atom stereocenters. The van der Waals surface area contributed by atoms with E-state index < -0.39 is 23.4 Å². The van der Waals surface area contributed by atoms with E-state index in [1.54, 1.807) is 0 Å². The van der Waals surface area contributed by atoms with Gasteiger partial charge in [-0.1, -0.05) is 0 Å². The Labute approximate surface area is 88.0 Å². The number of hydrogen-bond donors (Lipinski definition) is 0. The average molecular weight is 233 g/mol. The minimum atomic E-state index is -4.65. The molecule has 0 aromatic heterocycles. The Bertz CT molecular complexity index is 428. The van der Waals surface area contributed by atoms with Crippen molar-refractivity contribution in [1.29, 1.82) is 0 Å². The first-order chi connectivity index (χ1) is 7.38. The normalized spacial score (nSPS) is 11.0. The fraction of sp³-hybridized carbons (Fsp3) is 0.222. The molecule has 16 heavy (non-hydrogen) atoms. The number of hydrogen-bond acceptors (Lipinski definition) is 4. The smallest absolute Gasteiger partial charge is 0.416 e. The summed E-state index contributed by atoms with van der Waals surface area (Å²) in [4.78, 5) is 21.2. The second-order valence-corrected chi connectivity index (χ2v) is 2.85. The van der Waals surface area contributed by atoms with Crippen LogP contribution in [0.5, 0.6) is 0 Å². The molecule has 0 fully saturated rings. The first-order valence-electron chi connectivity index (χ1n) is 4.02. The highest BCUT2D eigenvalue weighted by Crippen LogP contribution is 2.32. The summed E-state index contributed by atoms with van der Waals surface area (Å²) in [5, 5.41) is 2.36. The summed E-state index contributed by atoms with van der Waals surface area (Å²) < 4.78 is 41.3. The molecule has 1 aromatic carbocycles. The molecule has 1 aromatic rings. The van der Waals surface area contributed by atoms with Gasteiger partial charge in [-0.05, 0) is 23.4 Å². The minimum absolute atomic E-state index is 0.369. The number of rotatable bonds is 2. The molecule has 86 valence electrons. The number of alkyl halides is 3. The van der Waals surface area contributed by atoms with Gasteiger partial charge in [-0.15, -0.1) is 4.91 Å². The highest BCUT2D eigenvalue weighted by Gasteiger charge is 2.32. The molecule has 0 aliphatic carbocycles. The van der Waals surface area contributed by atoms with E-state index in [2.05, 4.69) is 9.91 Å². The number of ether oxygens (including phenoxy) is 1. The van der Waals surface area contributed by atoms with E-state index in [9.17, 15) is 22.9 Å². The van der Waals surface area contributed by atoms with Crippen molar-refractivity contribution in [2.45, 2.75) is 6.18 Å². The molecule has 0 aliphatic heterocycles. The third kappa shape index (κ3) is 2.56. The van der Waals surface area contributed by atoms with Crippen LogP contribution in [-0.2, 0) is 10.9 Å². The van der Waals surface area contributed by atoms with Gasteiger partial charge in [-0.25, -0.2) is 4.79 Å². The maximum absolute atomic E-state index is 12.4. The number of carbonyl (C=O) groups excluding carboxylic acids is 1. The van der Waals surface area contributed by atoms with Crippen LogP contribution in [0.3, 0.4) is 0 Å². The van der Waals surface area contributed by atoms with Crippen LogP contribution in [0.15, 0.2) is 23.4 Å². The Hall–Kier alpha value is -1.92. The molecule has 0 atom stereocenters. The molecule has 0 aliphatic rings. The summed E-state index contributed by atoms with van der Waals surface area (Å²) >= 11 is 0. The third-order valence-corrected chi connectivity index (χ3v) is 1.77. The van der Waals surface area contributed by atoms with Crippen molar-refractivity contribution in [2.75, 3.05) is 7.11 Å². The van der Waals surface area contributed by atoms with E-state index in [1.165, 1.54) is 0 Å². The highest BCUT2D eigenvalue weighted by molar-refractivity contribution is 5.90. The zero-order chi connectivity index (χ0) is 12.3. The molecular formula is C9H6F3NO3. The van der Waals surface area contributed by atoms with Gasteiger partial charge < -0.3 is 4.74 Å². The molecular weight excluding hydrogens is 227 g/mol. The predicted molar refractivity (Wildman–Crippen MR) is 48.2 cm³/mol. The number of nitrogens with zero attached hydrogens (tertiary/aromatic N) is 1. The van der Waals surface area contributed by atoms with E-state index in [1.807, 2.05) is 0 Å². The van der Waals surface area contributed by atoms with Crippen molar-refractivity contribution >= 4 is 11.7 Å². The summed E-state index contributed by atoms with van der Waals surface area (Å²) in [6, 6.07) is 2.08. The lowest BCUT2D eigenvalue weighted by molar-refractivity contribution is -0.137. The summed E-state index contributed by atoms with van der Waals surface area (Å²) in [5.74, 6) is -0.962. The van der Waals surface area contributed by atoms with Crippen LogP contribution in [0, 0.1) is 4.91 Å². The van der Waals surface area contributed by atoms with Gasteiger partial charge in [0.15, 0.2) is 0 Å². The van der Waals surface area contributed by atoms with E-state index in [0.29, 0.717) is 12.1 Å². The van der Waals surface area contributed by atoms with E-state index in [0.717, 1.165) is 13.2 Å². The van der Waals surface area contributed by atoms with Gasteiger partial charge in [0.05, 0.1) is 18.2 Å². The summed E-state index contributed by atoms with van der Waals surface area (Å²) in [6.07, 6.45) is -4.65. The van der Waals surface area contributed by atoms with Crippen molar-refractivity contribution < 1.29 is 22.7 Å². The number of nitroso groups, excluding NO2 is 1. The summed E-state index contributed by atoms with van der Waals surface area (Å²) in [7, 11) is 1.02. The van der Waals surface area contributed by atoms with Gasteiger partial charge in [-0.3, -0.25) is 0 Å². The zero-order valence-electron chi connectivity index (χ0n) is 8.04. The van der Waals surface area contributed by atoms with Crippen molar-refractivity contribution in [3.05, 3.63) is 34.2 Å². The Balaban J connectivity index is 3.32. The lowest BCUT2D eigenvalue weighted by Crippen LogP contribution is -2.08. The SMILES string of the molecule is COC(=O)c1cc(N=O)cc(C(F)(F)F)c1. The Kier molecular flexibility index (Phi) is 3.26. The number of esters is 1. The summed E-state index contributed by atoms with van der Waals surface area (Å²) in [6.45, 7) is 0. The second kappa shape index (κ2) is 4.30. The Morgan fingerprint density at radius 1 is 1.31 bits per heavy atom. The maximum atomic E-state index is 12.4. The van der Waals surface area contributed by atoms with E-state index in [4.69, 9.17) is 0 Å². The lowest BCUT2D eigenvalue weighted by atomic mass is 10.1. The van der Waals surface area contributed by atoms with Crippen LogP contribution in [0.4, 0.5) is 18.9 Å². The van der Waals surface area contributed by atoms with Crippen molar-refractivity contribution in [1.82, 2.24) is 0 Å². The number of methoxy groups -OCH3 is 1. The minimum Gasteiger partial charge on any atom is -0.465 e. The molecule has 0 spiro atoms. The van der Waals surface area contributed by atoms with Crippen LogP contribution >= 0.6 is 0 Å². The monoisotopic (exact) mass is 233 g/mol. The lowest BCUT2D eigenvalue weighted by Gasteiger charge is -2.08. The maximum Gasteiger partial charge on any atom is 0.416 e. The van der Waals surface area contributed by atoms with Gasteiger partial charge in [0.25, 0.3) is 0 Å². The highest BCUT2D eigenvalue weighted by atomic mass is 19.4. The van der Waals surface area contributed by atoms with Crippen LogP contribution < -0.4 is 0 Å². The van der Waals surface area contributed by atoms with Gasteiger partial charge in [-0.2, -0.15) is 13.2 Å². The van der Waals surface area contributed by atoms with Crippen molar-refractivity contribution in [3.63, 3.8) is 0 Å². The van der Waals surface area contributed by atoms with Crippen LogP contribution in [0.2, 0.25) is 0 Å². The fourth-order valence-corrected chi connectivity index (χ4v) is 1.06. The largest absolute Gasteiger partial charge is 0.465 e. The fourth-order valence-electron chi connectivity index (χ4n) is 1.06. The molecule has 7 heteroatoms. The zero-order valence-corrected chi connectivity index (χ0v) is 8.04. The average Bonchev–Trinajstić information content (AvgIpc) is 2.26. The van der Waals surface area contributed by atoms with E-state index in [-0.39, 0.29) is 5.56 Å². The standard InChI is InChI=1S/C9H6F3NO3/c1-16-8(14)5-2-6(9(10,11)12)4-7(3-5)13-15/h2-4H,1H3. The van der Waals surface area contributed by atoms with Crippen LogP contribution in [-0.4, -0.2) is 13.1 Å². The molecule has 0 N–H and O–H groups in total. The molecule has 0 bridgehead atoms.